The minimum Gasteiger partial charge on any atom is -0.456 e. The van der Waals surface area contributed by atoms with E-state index >= 15 is 0 Å². The van der Waals surface area contributed by atoms with Gasteiger partial charge in [0.25, 0.3) is 5.56 Å². The molecule has 1 aromatic heterocycles. The molecule has 0 fully saturated rings. The third-order valence-corrected chi connectivity index (χ3v) is 3.10. The summed E-state index contributed by atoms with van der Waals surface area (Å²) in [6, 6.07) is 11.2. The zero-order valence-electron chi connectivity index (χ0n) is 11.1. The van der Waals surface area contributed by atoms with Crippen molar-refractivity contribution in [2.45, 2.75) is 0 Å². The highest BCUT2D eigenvalue weighted by molar-refractivity contribution is 5.97. The van der Waals surface area contributed by atoms with Crippen LogP contribution in [0.5, 0.6) is 0 Å². The van der Waals surface area contributed by atoms with Crippen molar-refractivity contribution in [3.63, 3.8) is 0 Å². The number of carbonyl (C=O) groups is 1. The average molecular weight is 280 g/mol. The van der Waals surface area contributed by atoms with E-state index in [9.17, 15) is 9.59 Å². The fourth-order valence-corrected chi connectivity index (χ4v) is 2.13. The third-order valence-electron chi connectivity index (χ3n) is 3.10. The van der Waals surface area contributed by atoms with Crippen LogP contribution >= 0.6 is 0 Å². The molecule has 0 atom stereocenters. The van der Waals surface area contributed by atoms with Gasteiger partial charge in [0.05, 0.1) is 10.9 Å². The number of esters is 1. The molecule has 21 heavy (non-hydrogen) atoms. The lowest BCUT2D eigenvalue weighted by atomic mass is 10.1. The lowest BCUT2D eigenvalue weighted by Gasteiger charge is -2.04. The van der Waals surface area contributed by atoms with Crippen LogP contribution in [0.15, 0.2) is 53.8 Å². The molecule has 5 nitrogen and oxygen atoms in total. The second kappa shape index (κ2) is 5.20. The Morgan fingerprint density at radius 3 is 2.71 bits per heavy atom. The molecule has 0 bridgehead atoms. The Balaban J connectivity index is 2.18. The van der Waals surface area contributed by atoms with Gasteiger partial charge in [-0.2, -0.15) is 0 Å². The molecule has 3 rings (SSSR count). The number of aromatic amines is 1. The molecule has 0 aliphatic heterocycles. The fraction of sp³-hybridized carbons (Fsp3) is 0.0625. The molecule has 0 amide bonds. The largest absolute Gasteiger partial charge is 0.456 e. The molecule has 1 heterocycles. The number of fused-ring (bicyclic) bond motifs is 2. The number of rotatable bonds is 3. The molecule has 0 aliphatic carbocycles. The first-order chi connectivity index (χ1) is 10.2. The predicted octanol–water partition coefficient (Wildman–Crippen LogP) is 2.42. The Morgan fingerprint density at radius 2 is 2.00 bits per heavy atom. The Morgan fingerprint density at radius 1 is 1.29 bits per heavy atom. The predicted molar refractivity (Wildman–Crippen MR) is 80.3 cm³/mol. The number of nitrogens with one attached hydrogen (secondary N) is 1. The van der Waals surface area contributed by atoms with Gasteiger partial charge < -0.3 is 9.72 Å². The van der Waals surface area contributed by atoms with Gasteiger partial charge in [0.2, 0.25) is 5.82 Å². The van der Waals surface area contributed by atoms with Crippen molar-refractivity contribution >= 4 is 27.6 Å². The first kappa shape index (κ1) is 13.1. The van der Waals surface area contributed by atoms with E-state index < -0.39 is 5.97 Å². The van der Waals surface area contributed by atoms with Gasteiger partial charge in [-0.15, -0.1) is 0 Å². The zero-order chi connectivity index (χ0) is 14.8. The van der Waals surface area contributed by atoms with E-state index in [4.69, 9.17) is 4.74 Å². The topological polar surface area (TPSA) is 72.0 Å². The molecule has 0 unspecified atom stereocenters. The Bertz CT molecular complexity index is 912. The monoisotopic (exact) mass is 280 g/mol. The number of carbonyl (C=O) groups excluding carboxylic acids is 1. The van der Waals surface area contributed by atoms with Gasteiger partial charge in [-0.3, -0.25) is 4.79 Å². The molecule has 0 radical (unpaired) electrons. The van der Waals surface area contributed by atoms with E-state index in [1.165, 1.54) is 6.08 Å². The molecule has 2 aromatic carbocycles. The van der Waals surface area contributed by atoms with Crippen molar-refractivity contribution in [1.29, 1.82) is 0 Å². The van der Waals surface area contributed by atoms with Crippen molar-refractivity contribution in [3.8, 4) is 0 Å². The van der Waals surface area contributed by atoms with E-state index in [0.717, 1.165) is 10.8 Å². The first-order valence-electron chi connectivity index (χ1n) is 6.40. The van der Waals surface area contributed by atoms with E-state index in [0.29, 0.717) is 10.9 Å². The van der Waals surface area contributed by atoms with Gasteiger partial charge in [-0.25, -0.2) is 9.78 Å². The number of hydrogen-bond donors (Lipinski definition) is 1. The summed E-state index contributed by atoms with van der Waals surface area (Å²) >= 11 is 0. The maximum Gasteiger partial charge on any atom is 0.374 e. The molecular weight excluding hydrogens is 268 g/mol. The van der Waals surface area contributed by atoms with Crippen LogP contribution in [-0.4, -0.2) is 22.5 Å². The van der Waals surface area contributed by atoms with Gasteiger partial charge in [-0.05, 0) is 22.9 Å². The van der Waals surface area contributed by atoms with Crippen molar-refractivity contribution in [2.75, 3.05) is 6.61 Å². The second-order valence-corrected chi connectivity index (χ2v) is 4.52. The van der Waals surface area contributed by atoms with Gasteiger partial charge >= 0.3 is 5.97 Å². The quantitative estimate of drug-likeness (QED) is 0.454. The van der Waals surface area contributed by atoms with E-state index in [1.807, 2.05) is 24.3 Å². The summed E-state index contributed by atoms with van der Waals surface area (Å²) in [5, 5.41) is 2.33. The van der Waals surface area contributed by atoms with Crippen LogP contribution < -0.4 is 5.56 Å². The average Bonchev–Trinajstić information content (AvgIpc) is 2.50. The molecular formula is C16H12N2O3. The maximum atomic E-state index is 12.1. The van der Waals surface area contributed by atoms with Crippen LogP contribution in [0, 0.1) is 0 Å². The van der Waals surface area contributed by atoms with Crippen LogP contribution in [0.3, 0.4) is 0 Å². The van der Waals surface area contributed by atoms with Crippen molar-refractivity contribution in [2.24, 2.45) is 0 Å². The number of ether oxygens (including phenoxy) is 1. The summed E-state index contributed by atoms with van der Waals surface area (Å²) in [6.07, 6.45) is 1.45. The Hall–Kier alpha value is -2.95. The number of hydrogen-bond acceptors (Lipinski definition) is 4. The lowest BCUT2D eigenvalue weighted by molar-refractivity contribution is 0.0535. The molecule has 1 N–H and O–H groups in total. The molecule has 104 valence electrons. The Labute approximate surface area is 119 Å². The highest BCUT2D eigenvalue weighted by Gasteiger charge is 2.12. The van der Waals surface area contributed by atoms with Gasteiger partial charge in [0, 0.05) is 0 Å². The summed E-state index contributed by atoms with van der Waals surface area (Å²) in [4.78, 5) is 30.5. The number of H-pyrrole nitrogens is 1. The zero-order valence-corrected chi connectivity index (χ0v) is 11.1. The minimum atomic E-state index is -0.679. The number of aromatic nitrogens is 2. The van der Waals surface area contributed by atoms with Gasteiger partial charge in [0.1, 0.15) is 6.61 Å². The summed E-state index contributed by atoms with van der Waals surface area (Å²) in [5.74, 6) is -0.785. The highest BCUT2D eigenvalue weighted by Crippen LogP contribution is 2.19. The molecule has 0 aliphatic rings. The number of benzene rings is 2. The summed E-state index contributed by atoms with van der Waals surface area (Å²) in [7, 11) is 0. The minimum absolute atomic E-state index is 0.0678. The smallest absolute Gasteiger partial charge is 0.374 e. The van der Waals surface area contributed by atoms with Crippen LogP contribution in [0.4, 0.5) is 0 Å². The summed E-state index contributed by atoms with van der Waals surface area (Å²) in [6.45, 7) is 3.53. The third kappa shape index (κ3) is 2.41. The van der Waals surface area contributed by atoms with Crippen LogP contribution in [0.2, 0.25) is 0 Å². The van der Waals surface area contributed by atoms with Crippen molar-refractivity contribution in [1.82, 2.24) is 9.97 Å². The lowest BCUT2D eigenvalue weighted by Crippen LogP contribution is -2.17. The molecule has 0 saturated heterocycles. The van der Waals surface area contributed by atoms with Crippen LogP contribution in [0.25, 0.3) is 21.7 Å². The second-order valence-electron chi connectivity index (χ2n) is 4.52. The van der Waals surface area contributed by atoms with Crippen molar-refractivity contribution < 1.29 is 9.53 Å². The van der Waals surface area contributed by atoms with Crippen molar-refractivity contribution in [3.05, 3.63) is 65.2 Å². The van der Waals surface area contributed by atoms with Crippen LogP contribution in [-0.2, 0) is 4.74 Å². The molecule has 0 spiro atoms. The van der Waals surface area contributed by atoms with E-state index in [1.54, 1.807) is 12.1 Å². The van der Waals surface area contributed by atoms with Gasteiger partial charge in [0.15, 0.2) is 0 Å². The number of nitrogens with zero attached hydrogens (tertiary/aromatic N) is 1. The fourth-order valence-electron chi connectivity index (χ4n) is 2.13. The van der Waals surface area contributed by atoms with Crippen LogP contribution in [0.1, 0.15) is 10.6 Å². The SMILES string of the molecule is C=CCOC(=O)c1nc2cc3ccccc3cc2c(=O)[nH]1. The first-order valence-corrected chi connectivity index (χ1v) is 6.40. The normalized spacial score (nSPS) is 10.7. The van der Waals surface area contributed by atoms with E-state index in [-0.39, 0.29) is 18.0 Å². The summed E-state index contributed by atoms with van der Waals surface area (Å²) in [5.41, 5.74) is 0.0966. The molecule has 5 heteroatoms. The van der Waals surface area contributed by atoms with E-state index in [2.05, 4.69) is 16.5 Å². The highest BCUT2D eigenvalue weighted by atomic mass is 16.5. The van der Waals surface area contributed by atoms with Gasteiger partial charge in [-0.1, -0.05) is 36.9 Å². The standard InChI is InChI=1S/C16H12N2O3/c1-2-7-21-16(20)14-17-13-9-11-6-4-3-5-10(11)8-12(13)15(19)18-14/h2-6,8-9H,1,7H2,(H,17,18,19). The summed E-state index contributed by atoms with van der Waals surface area (Å²) < 4.78 is 4.88. The molecule has 0 saturated carbocycles. The molecule has 3 aromatic rings. The maximum absolute atomic E-state index is 12.1. The Kier molecular flexibility index (Phi) is 3.23.